The number of hydrogen-bond acceptors (Lipinski definition) is 1. The zero-order valence-corrected chi connectivity index (χ0v) is 12.2. The molecule has 0 aliphatic rings. The fraction of sp³-hybridized carbons (Fsp3) is 0.333. The van der Waals surface area contributed by atoms with Crippen LogP contribution in [0.4, 0.5) is 4.39 Å². The predicted molar refractivity (Wildman–Crippen MR) is 82.3 cm³/mol. The van der Waals surface area contributed by atoms with Gasteiger partial charge in [-0.25, -0.2) is 4.39 Å². The van der Waals surface area contributed by atoms with E-state index in [9.17, 15) is 4.39 Å². The van der Waals surface area contributed by atoms with Gasteiger partial charge in [0.2, 0.25) is 0 Å². The maximum Gasteiger partial charge on any atom is 0.123 e. The van der Waals surface area contributed by atoms with E-state index in [2.05, 4.69) is 43.4 Å². The van der Waals surface area contributed by atoms with Gasteiger partial charge >= 0.3 is 0 Å². The second-order valence-corrected chi connectivity index (χ2v) is 4.99. The van der Waals surface area contributed by atoms with Gasteiger partial charge < -0.3 is 5.32 Å². The lowest BCUT2D eigenvalue weighted by Crippen LogP contribution is -2.24. The van der Waals surface area contributed by atoms with Gasteiger partial charge in [0.15, 0.2) is 0 Å². The minimum absolute atomic E-state index is 0.178. The van der Waals surface area contributed by atoms with Gasteiger partial charge in [-0.05, 0) is 48.2 Å². The number of rotatable bonds is 6. The summed E-state index contributed by atoms with van der Waals surface area (Å²) in [5.41, 5.74) is 3.88. The van der Waals surface area contributed by atoms with Crippen molar-refractivity contribution in [2.45, 2.75) is 32.7 Å². The van der Waals surface area contributed by atoms with Crippen molar-refractivity contribution in [3.8, 4) is 0 Å². The number of nitrogens with one attached hydrogen (secondary N) is 1. The van der Waals surface area contributed by atoms with Crippen LogP contribution < -0.4 is 5.32 Å². The van der Waals surface area contributed by atoms with Gasteiger partial charge in [-0.1, -0.05) is 50.2 Å². The molecule has 106 valence electrons. The third-order valence-corrected chi connectivity index (χ3v) is 3.62. The Kier molecular flexibility index (Phi) is 5.31. The monoisotopic (exact) mass is 271 g/mol. The molecule has 0 saturated heterocycles. The molecule has 0 aromatic heterocycles. The summed E-state index contributed by atoms with van der Waals surface area (Å²) in [6.45, 7) is 5.22. The van der Waals surface area contributed by atoms with Crippen LogP contribution in [0, 0.1) is 5.82 Å². The normalized spacial score (nSPS) is 12.3. The average molecular weight is 271 g/mol. The Morgan fingerprint density at radius 1 is 1.00 bits per heavy atom. The van der Waals surface area contributed by atoms with Crippen molar-refractivity contribution in [1.82, 2.24) is 5.32 Å². The lowest BCUT2D eigenvalue weighted by atomic mass is 9.93. The zero-order chi connectivity index (χ0) is 14.4. The van der Waals surface area contributed by atoms with Gasteiger partial charge in [-0.2, -0.15) is 0 Å². The average Bonchev–Trinajstić information content (AvgIpc) is 2.49. The molecule has 20 heavy (non-hydrogen) atoms. The Morgan fingerprint density at radius 2 is 1.70 bits per heavy atom. The quantitative estimate of drug-likeness (QED) is 0.827. The highest BCUT2D eigenvalue weighted by molar-refractivity contribution is 5.32. The summed E-state index contributed by atoms with van der Waals surface area (Å²) in [5.74, 6) is -0.178. The molecule has 1 unspecified atom stereocenters. The first kappa shape index (κ1) is 14.7. The van der Waals surface area contributed by atoms with Crippen LogP contribution in [0.3, 0.4) is 0 Å². The first-order valence-electron chi connectivity index (χ1n) is 7.30. The smallest absolute Gasteiger partial charge is 0.123 e. The van der Waals surface area contributed by atoms with E-state index in [1.54, 1.807) is 0 Å². The van der Waals surface area contributed by atoms with Crippen LogP contribution >= 0.6 is 0 Å². The SMILES string of the molecule is CCNC(Cc1ccc(F)cc1)c1ccccc1CC. The Morgan fingerprint density at radius 3 is 2.35 bits per heavy atom. The fourth-order valence-corrected chi connectivity index (χ4v) is 2.59. The van der Waals surface area contributed by atoms with Crippen LogP contribution in [-0.4, -0.2) is 6.54 Å². The van der Waals surface area contributed by atoms with Crippen LogP contribution in [0.1, 0.15) is 36.6 Å². The summed E-state index contributed by atoms with van der Waals surface area (Å²) >= 11 is 0. The third kappa shape index (κ3) is 3.67. The first-order valence-corrected chi connectivity index (χ1v) is 7.30. The molecule has 0 spiro atoms. The van der Waals surface area contributed by atoms with Gasteiger partial charge in [0.05, 0.1) is 0 Å². The molecule has 2 aromatic carbocycles. The minimum Gasteiger partial charge on any atom is -0.310 e. The lowest BCUT2D eigenvalue weighted by molar-refractivity contribution is 0.545. The number of benzene rings is 2. The topological polar surface area (TPSA) is 12.0 Å². The Labute approximate surface area is 120 Å². The molecular weight excluding hydrogens is 249 g/mol. The highest BCUT2D eigenvalue weighted by atomic mass is 19.1. The molecule has 0 amide bonds. The Balaban J connectivity index is 2.24. The highest BCUT2D eigenvalue weighted by Crippen LogP contribution is 2.22. The van der Waals surface area contributed by atoms with Crippen molar-refractivity contribution in [3.05, 3.63) is 71.0 Å². The molecule has 0 bridgehead atoms. The molecule has 1 atom stereocenters. The summed E-state index contributed by atoms with van der Waals surface area (Å²) in [4.78, 5) is 0. The van der Waals surface area contributed by atoms with Crippen LogP contribution in [0.25, 0.3) is 0 Å². The summed E-state index contributed by atoms with van der Waals surface area (Å²) in [6, 6.07) is 15.6. The second kappa shape index (κ2) is 7.20. The van der Waals surface area contributed by atoms with E-state index in [1.165, 1.54) is 23.3 Å². The molecule has 1 N–H and O–H groups in total. The van der Waals surface area contributed by atoms with Crippen molar-refractivity contribution in [3.63, 3.8) is 0 Å². The van der Waals surface area contributed by atoms with Crippen molar-refractivity contribution in [2.24, 2.45) is 0 Å². The molecule has 0 heterocycles. The van der Waals surface area contributed by atoms with E-state index in [0.717, 1.165) is 24.9 Å². The van der Waals surface area contributed by atoms with E-state index in [1.807, 2.05) is 12.1 Å². The van der Waals surface area contributed by atoms with E-state index < -0.39 is 0 Å². The summed E-state index contributed by atoms with van der Waals surface area (Å²) in [5, 5.41) is 3.54. The van der Waals surface area contributed by atoms with Gasteiger partial charge in [0, 0.05) is 6.04 Å². The molecule has 0 fully saturated rings. The lowest BCUT2D eigenvalue weighted by Gasteiger charge is -2.21. The first-order chi connectivity index (χ1) is 9.74. The van der Waals surface area contributed by atoms with Gasteiger partial charge in [-0.3, -0.25) is 0 Å². The van der Waals surface area contributed by atoms with E-state index in [0.29, 0.717) is 0 Å². The summed E-state index contributed by atoms with van der Waals surface area (Å²) < 4.78 is 13.0. The maximum absolute atomic E-state index is 13.0. The molecule has 2 aromatic rings. The van der Waals surface area contributed by atoms with Crippen LogP contribution in [0.15, 0.2) is 48.5 Å². The number of halogens is 1. The maximum atomic E-state index is 13.0. The van der Waals surface area contributed by atoms with Crippen LogP contribution in [0.2, 0.25) is 0 Å². The summed E-state index contributed by atoms with van der Waals surface area (Å²) in [6.07, 6.45) is 1.91. The van der Waals surface area contributed by atoms with Crippen LogP contribution in [-0.2, 0) is 12.8 Å². The standard InChI is InChI=1S/C18H22FN/c1-3-15-7-5-6-8-17(15)18(20-4-2)13-14-9-11-16(19)12-10-14/h5-12,18,20H,3-4,13H2,1-2H3. The molecule has 0 aliphatic carbocycles. The Bertz CT molecular complexity index is 533. The second-order valence-electron chi connectivity index (χ2n) is 4.99. The molecule has 0 saturated carbocycles. The molecule has 2 rings (SSSR count). The minimum atomic E-state index is -0.178. The molecule has 2 heteroatoms. The zero-order valence-electron chi connectivity index (χ0n) is 12.2. The fourth-order valence-electron chi connectivity index (χ4n) is 2.59. The van der Waals surface area contributed by atoms with E-state index >= 15 is 0 Å². The largest absolute Gasteiger partial charge is 0.310 e. The van der Waals surface area contributed by atoms with Crippen molar-refractivity contribution in [2.75, 3.05) is 6.54 Å². The van der Waals surface area contributed by atoms with Crippen molar-refractivity contribution >= 4 is 0 Å². The number of likely N-dealkylation sites (N-methyl/N-ethyl adjacent to an activating group) is 1. The number of aryl methyl sites for hydroxylation is 1. The number of hydrogen-bond donors (Lipinski definition) is 1. The predicted octanol–water partition coefficient (Wildman–Crippen LogP) is 4.28. The van der Waals surface area contributed by atoms with E-state index in [4.69, 9.17) is 0 Å². The molecule has 1 nitrogen and oxygen atoms in total. The van der Waals surface area contributed by atoms with Crippen molar-refractivity contribution in [1.29, 1.82) is 0 Å². The van der Waals surface area contributed by atoms with Gasteiger partial charge in [0.1, 0.15) is 5.82 Å². The highest BCUT2D eigenvalue weighted by Gasteiger charge is 2.14. The Hall–Kier alpha value is -1.67. The van der Waals surface area contributed by atoms with Gasteiger partial charge in [-0.15, -0.1) is 0 Å². The third-order valence-electron chi connectivity index (χ3n) is 3.62. The molecule has 0 radical (unpaired) electrons. The van der Waals surface area contributed by atoms with E-state index in [-0.39, 0.29) is 11.9 Å². The molecular formula is C18H22FN. The van der Waals surface area contributed by atoms with Gasteiger partial charge in [0.25, 0.3) is 0 Å². The van der Waals surface area contributed by atoms with Crippen molar-refractivity contribution < 1.29 is 4.39 Å². The summed E-state index contributed by atoms with van der Waals surface area (Å²) in [7, 11) is 0. The van der Waals surface area contributed by atoms with Crippen LogP contribution in [0.5, 0.6) is 0 Å². The molecule has 0 aliphatic heterocycles.